The molecule has 0 saturated heterocycles. The highest BCUT2D eigenvalue weighted by Crippen LogP contribution is 2.24. The standard InChI is InChI=1S/C29H41N3O5/c1-28(2,3)36-26(34)30-18-12-20-32(21-13-19-31-27(35)37-29(4,5)6)25(33)24-17-11-10-16-23(24)22-14-8-7-9-15-22/h7-11,14-17H,12-13,18-21H2,1-6H3,(H,30,34)(H,31,35). The highest BCUT2D eigenvalue weighted by Gasteiger charge is 2.21. The van der Waals surface area contributed by atoms with Gasteiger partial charge in [0.1, 0.15) is 11.2 Å². The van der Waals surface area contributed by atoms with Crippen LogP contribution in [0.25, 0.3) is 11.1 Å². The van der Waals surface area contributed by atoms with Crippen molar-refractivity contribution >= 4 is 18.1 Å². The van der Waals surface area contributed by atoms with Crippen LogP contribution in [-0.2, 0) is 9.47 Å². The summed E-state index contributed by atoms with van der Waals surface area (Å²) in [6.45, 7) is 12.5. The minimum absolute atomic E-state index is 0.103. The van der Waals surface area contributed by atoms with E-state index in [0.29, 0.717) is 44.6 Å². The largest absolute Gasteiger partial charge is 0.444 e. The third-order valence-corrected chi connectivity index (χ3v) is 5.08. The van der Waals surface area contributed by atoms with Crippen LogP contribution in [0.15, 0.2) is 54.6 Å². The minimum Gasteiger partial charge on any atom is -0.444 e. The van der Waals surface area contributed by atoms with Crippen LogP contribution in [0.3, 0.4) is 0 Å². The van der Waals surface area contributed by atoms with Crippen LogP contribution in [0.5, 0.6) is 0 Å². The maximum absolute atomic E-state index is 13.7. The van der Waals surface area contributed by atoms with E-state index in [1.807, 2.05) is 96.1 Å². The average Bonchev–Trinajstić information content (AvgIpc) is 2.81. The average molecular weight is 512 g/mol. The maximum atomic E-state index is 13.7. The first-order valence-electron chi connectivity index (χ1n) is 12.7. The Bertz CT molecular complexity index is 990. The fourth-order valence-electron chi connectivity index (χ4n) is 3.57. The summed E-state index contributed by atoms with van der Waals surface area (Å²) >= 11 is 0. The Hall–Kier alpha value is -3.55. The van der Waals surface area contributed by atoms with Crippen LogP contribution >= 0.6 is 0 Å². The van der Waals surface area contributed by atoms with E-state index in [0.717, 1.165) is 11.1 Å². The van der Waals surface area contributed by atoms with E-state index in [1.165, 1.54) is 0 Å². The van der Waals surface area contributed by atoms with Gasteiger partial charge >= 0.3 is 12.2 Å². The van der Waals surface area contributed by atoms with Gasteiger partial charge in [-0.1, -0.05) is 48.5 Å². The molecule has 2 N–H and O–H groups in total. The van der Waals surface area contributed by atoms with Crippen LogP contribution in [0.4, 0.5) is 9.59 Å². The molecule has 0 unspecified atom stereocenters. The number of benzene rings is 2. The van der Waals surface area contributed by atoms with Crippen LogP contribution in [0.1, 0.15) is 64.7 Å². The lowest BCUT2D eigenvalue weighted by Gasteiger charge is -2.25. The second-order valence-electron chi connectivity index (χ2n) is 10.8. The van der Waals surface area contributed by atoms with Gasteiger partial charge in [-0.05, 0) is 71.6 Å². The zero-order valence-corrected chi connectivity index (χ0v) is 22.9. The van der Waals surface area contributed by atoms with Crippen molar-refractivity contribution in [2.45, 2.75) is 65.6 Å². The summed E-state index contributed by atoms with van der Waals surface area (Å²) in [7, 11) is 0. The van der Waals surface area contributed by atoms with Gasteiger partial charge in [-0.15, -0.1) is 0 Å². The summed E-state index contributed by atoms with van der Waals surface area (Å²) in [6.07, 6.45) is 0.137. The second-order valence-corrected chi connectivity index (χ2v) is 10.8. The number of hydrogen-bond acceptors (Lipinski definition) is 5. The van der Waals surface area contributed by atoms with E-state index in [4.69, 9.17) is 9.47 Å². The van der Waals surface area contributed by atoms with Crippen LogP contribution in [0.2, 0.25) is 0 Å². The van der Waals surface area contributed by atoms with E-state index < -0.39 is 23.4 Å². The van der Waals surface area contributed by atoms with E-state index >= 15 is 0 Å². The molecule has 0 fully saturated rings. The lowest BCUT2D eigenvalue weighted by Crippen LogP contribution is -2.38. The predicted octanol–water partition coefficient (Wildman–Crippen LogP) is 5.63. The van der Waals surface area contributed by atoms with Gasteiger partial charge in [0.05, 0.1) is 0 Å². The number of hydrogen-bond donors (Lipinski definition) is 2. The molecule has 0 atom stereocenters. The van der Waals surface area contributed by atoms with Crippen molar-refractivity contribution in [3.05, 3.63) is 60.2 Å². The smallest absolute Gasteiger partial charge is 0.407 e. The SMILES string of the molecule is CC(C)(C)OC(=O)NCCCN(CCCNC(=O)OC(C)(C)C)C(=O)c1ccccc1-c1ccccc1. The van der Waals surface area contributed by atoms with Crippen molar-refractivity contribution in [1.29, 1.82) is 0 Å². The Morgan fingerprint density at radius 3 is 1.65 bits per heavy atom. The third kappa shape index (κ3) is 11.4. The maximum Gasteiger partial charge on any atom is 0.407 e. The van der Waals surface area contributed by atoms with Crippen molar-refractivity contribution < 1.29 is 23.9 Å². The van der Waals surface area contributed by atoms with Gasteiger partial charge in [0.15, 0.2) is 0 Å². The Kier molecular flexibility index (Phi) is 11.0. The molecule has 8 heteroatoms. The predicted molar refractivity (Wildman–Crippen MR) is 145 cm³/mol. The molecular weight excluding hydrogens is 470 g/mol. The lowest BCUT2D eigenvalue weighted by atomic mass is 9.98. The van der Waals surface area contributed by atoms with Crippen molar-refractivity contribution in [2.24, 2.45) is 0 Å². The molecule has 202 valence electrons. The zero-order valence-electron chi connectivity index (χ0n) is 22.9. The number of nitrogens with one attached hydrogen (secondary N) is 2. The molecule has 0 saturated carbocycles. The fraction of sp³-hybridized carbons (Fsp3) is 0.483. The number of nitrogens with zero attached hydrogens (tertiary/aromatic N) is 1. The third-order valence-electron chi connectivity index (χ3n) is 5.08. The summed E-state index contributed by atoms with van der Waals surface area (Å²) in [5.41, 5.74) is 1.28. The zero-order chi connectivity index (χ0) is 27.5. The van der Waals surface area contributed by atoms with E-state index in [2.05, 4.69) is 10.6 Å². The first-order chi connectivity index (χ1) is 17.4. The summed E-state index contributed by atoms with van der Waals surface area (Å²) in [5.74, 6) is -0.103. The van der Waals surface area contributed by atoms with Crippen molar-refractivity contribution in [1.82, 2.24) is 15.5 Å². The van der Waals surface area contributed by atoms with Crippen LogP contribution < -0.4 is 10.6 Å². The van der Waals surface area contributed by atoms with Crippen molar-refractivity contribution in [3.8, 4) is 11.1 Å². The Morgan fingerprint density at radius 1 is 0.703 bits per heavy atom. The molecule has 3 amide bonds. The molecule has 0 aliphatic heterocycles. The number of ether oxygens (including phenoxy) is 2. The van der Waals surface area contributed by atoms with E-state index in [-0.39, 0.29) is 5.91 Å². The first-order valence-corrected chi connectivity index (χ1v) is 12.7. The first kappa shape index (κ1) is 29.7. The molecule has 0 spiro atoms. The van der Waals surface area contributed by atoms with E-state index in [1.54, 1.807) is 4.90 Å². The minimum atomic E-state index is -0.575. The highest BCUT2D eigenvalue weighted by atomic mass is 16.6. The molecule has 0 bridgehead atoms. The Morgan fingerprint density at radius 2 is 1.16 bits per heavy atom. The quantitative estimate of drug-likeness (QED) is 0.403. The van der Waals surface area contributed by atoms with Gasteiger partial charge in [0, 0.05) is 31.7 Å². The van der Waals surface area contributed by atoms with Crippen LogP contribution in [0, 0.1) is 0 Å². The van der Waals surface area contributed by atoms with Crippen LogP contribution in [-0.4, -0.2) is 60.4 Å². The Balaban J connectivity index is 2.06. The highest BCUT2D eigenvalue weighted by molar-refractivity contribution is 6.00. The molecule has 37 heavy (non-hydrogen) atoms. The van der Waals surface area contributed by atoms with Gasteiger partial charge in [-0.25, -0.2) is 9.59 Å². The number of alkyl carbamates (subject to hydrolysis) is 2. The fourth-order valence-corrected chi connectivity index (χ4v) is 3.57. The molecule has 2 aromatic rings. The normalized spacial score (nSPS) is 11.4. The molecule has 0 radical (unpaired) electrons. The molecular formula is C29H41N3O5. The molecule has 2 rings (SSSR count). The monoisotopic (exact) mass is 511 g/mol. The van der Waals surface area contributed by atoms with Gasteiger partial charge < -0.3 is 25.0 Å². The molecule has 0 aliphatic carbocycles. The summed E-state index contributed by atoms with van der Waals surface area (Å²) in [6, 6.07) is 17.3. The number of amides is 3. The second kappa shape index (κ2) is 13.7. The van der Waals surface area contributed by atoms with Gasteiger partial charge in [-0.3, -0.25) is 4.79 Å². The number of carbonyl (C=O) groups is 3. The molecule has 2 aromatic carbocycles. The molecule has 0 heterocycles. The van der Waals surface area contributed by atoms with Gasteiger partial charge in [0.2, 0.25) is 0 Å². The van der Waals surface area contributed by atoms with E-state index in [9.17, 15) is 14.4 Å². The number of carbonyl (C=O) groups excluding carboxylic acids is 3. The molecule has 0 aromatic heterocycles. The summed E-state index contributed by atoms with van der Waals surface area (Å²) in [4.78, 5) is 39.4. The number of rotatable bonds is 10. The van der Waals surface area contributed by atoms with Gasteiger partial charge in [-0.2, -0.15) is 0 Å². The summed E-state index contributed by atoms with van der Waals surface area (Å²) < 4.78 is 10.6. The lowest BCUT2D eigenvalue weighted by molar-refractivity contribution is 0.0516. The topological polar surface area (TPSA) is 97.0 Å². The van der Waals surface area contributed by atoms with Gasteiger partial charge in [0.25, 0.3) is 5.91 Å². The van der Waals surface area contributed by atoms with Crippen molar-refractivity contribution in [2.75, 3.05) is 26.2 Å². The molecule has 8 nitrogen and oxygen atoms in total. The van der Waals surface area contributed by atoms with Crippen molar-refractivity contribution in [3.63, 3.8) is 0 Å². The summed E-state index contributed by atoms with van der Waals surface area (Å²) in [5, 5.41) is 5.48. The molecule has 0 aliphatic rings. The Labute approximate surface area is 220 Å².